The number of nitrogen functional groups attached to an aromatic ring is 1. The van der Waals surface area contributed by atoms with E-state index in [1.807, 2.05) is 6.92 Å². The minimum absolute atomic E-state index is 0.139. The van der Waals surface area contributed by atoms with Crippen molar-refractivity contribution in [2.24, 2.45) is 0 Å². The lowest BCUT2D eigenvalue weighted by Gasteiger charge is -2.09. The first-order valence-corrected chi connectivity index (χ1v) is 5.30. The molecule has 0 aliphatic heterocycles. The van der Waals surface area contributed by atoms with Gasteiger partial charge in [0.2, 0.25) is 0 Å². The van der Waals surface area contributed by atoms with Crippen molar-refractivity contribution < 1.29 is 4.79 Å². The van der Waals surface area contributed by atoms with Crippen LogP contribution in [0.4, 0.5) is 5.69 Å². The van der Waals surface area contributed by atoms with Crippen LogP contribution in [0.5, 0.6) is 0 Å². The van der Waals surface area contributed by atoms with Crippen LogP contribution < -0.4 is 11.1 Å². The van der Waals surface area contributed by atoms with Gasteiger partial charge < -0.3 is 11.1 Å². The van der Waals surface area contributed by atoms with Crippen LogP contribution in [-0.2, 0) is 0 Å². The van der Waals surface area contributed by atoms with Crippen LogP contribution in [0.3, 0.4) is 0 Å². The summed E-state index contributed by atoms with van der Waals surface area (Å²) in [5, 5.41) is 2.71. The topological polar surface area (TPSA) is 55.1 Å². The van der Waals surface area contributed by atoms with Gasteiger partial charge in [0.05, 0.1) is 0 Å². The van der Waals surface area contributed by atoms with Crippen LogP contribution >= 0.6 is 15.9 Å². The van der Waals surface area contributed by atoms with E-state index < -0.39 is 0 Å². The average Bonchev–Trinajstić information content (AvgIpc) is 2.19. The fourth-order valence-electron chi connectivity index (χ4n) is 1.20. The van der Waals surface area contributed by atoms with Crippen molar-refractivity contribution in [1.82, 2.24) is 5.32 Å². The van der Waals surface area contributed by atoms with E-state index in [4.69, 9.17) is 5.73 Å². The number of hydrogen-bond donors (Lipinski definition) is 2. The van der Waals surface area contributed by atoms with Gasteiger partial charge in [0.25, 0.3) is 5.91 Å². The Balaban J connectivity index is 3.02. The van der Waals surface area contributed by atoms with Crippen molar-refractivity contribution in [2.75, 3.05) is 12.3 Å². The number of carbonyl (C=O) groups is 1. The van der Waals surface area contributed by atoms with E-state index in [1.165, 1.54) is 0 Å². The molecule has 0 saturated heterocycles. The molecule has 0 aliphatic carbocycles. The van der Waals surface area contributed by atoms with Crippen molar-refractivity contribution in [3.05, 3.63) is 40.4 Å². The Labute approximate surface area is 97.5 Å². The normalized spacial score (nSPS) is 9.73. The van der Waals surface area contributed by atoms with Crippen LogP contribution in [0, 0.1) is 6.92 Å². The zero-order chi connectivity index (χ0) is 11.4. The molecule has 3 N–H and O–H groups in total. The molecule has 1 amide bonds. The molecule has 0 fully saturated rings. The molecule has 0 aromatic heterocycles. The summed E-state index contributed by atoms with van der Waals surface area (Å²) < 4.78 is 0.800. The lowest BCUT2D eigenvalue weighted by molar-refractivity contribution is 0.0957. The van der Waals surface area contributed by atoms with Gasteiger partial charge in [-0.1, -0.05) is 22.0 Å². The lowest BCUT2D eigenvalue weighted by Crippen LogP contribution is -2.24. The summed E-state index contributed by atoms with van der Waals surface area (Å²) in [5.41, 5.74) is 7.74. The van der Waals surface area contributed by atoms with E-state index in [9.17, 15) is 4.79 Å². The molecule has 3 nitrogen and oxygen atoms in total. The van der Waals surface area contributed by atoms with E-state index in [-0.39, 0.29) is 5.91 Å². The van der Waals surface area contributed by atoms with Gasteiger partial charge in [0.1, 0.15) is 0 Å². The third-order valence-electron chi connectivity index (χ3n) is 2.06. The van der Waals surface area contributed by atoms with Crippen LogP contribution in [0.1, 0.15) is 15.9 Å². The van der Waals surface area contributed by atoms with E-state index in [0.717, 1.165) is 10.0 Å². The van der Waals surface area contributed by atoms with Crippen molar-refractivity contribution in [3.8, 4) is 0 Å². The second-order valence-electron chi connectivity index (χ2n) is 3.17. The molecular formula is C11H13BrN2O. The Morgan fingerprint density at radius 2 is 2.33 bits per heavy atom. The Morgan fingerprint density at radius 1 is 1.67 bits per heavy atom. The first-order valence-electron chi connectivity index (χ1n) is 4.51. The molecule has 1 aromatic carbocycles. The number of hydrogen-bond acceptors (Lipinski definition) is 2. The van der Waals surface area contributed by atoms with Gasteiger partial charge in [-0.2, -0.15) is 0 Å². The number of nitrogens with two attached hydrogens (primary N) is 1. The van der Waals surface area contributed by atoms with Crippen molar-refractivity contribution >= 4 is 27.5 Å². The van der Waals surface area contributed by atoms with Crippen LogP contribution in [-0.4, -0.2) is 12.5 Å². The molecule has 0 unspecified atom stereocenters. The average molecular weight is 269 g/mol. The number of anilines is 1. The zero-order valence-electron chi connectivity index (χ0n) is 8.51. The smallest absolute Gasteiger partial charge is 0.251 e. The molecule has 4 heteroatoms. The lowest BCUT2D eigenvalue weighted by atomic mass is 10.1. The Morgan fingerprint density at radius 3 is 2.93 bits per heavy atom. The highest BCUT2D eigenvalue weighted by Gasteiger charge is 2.10. The van der Waals surface area contributed by atoms with Crippen molar-refractivity contribution in [1.29, 1.82) is 0 Å². The number of benzene rings is 1. The molecule has 15 heavy (non-hydrogen) atoms. The van der Waals surface area contributed by atoms with Crippen molar-refractivity contribution in [2.45, 2.75) is 6.92 Å². The van der Waals surface area contributed by atoms with Crippen LogP contribution in [0.25, 0.3) is 0 Å². The highest BCUT2D eigenvalue weighted by atomic mass is 79.9. The number of carbonyl (C=O) groups excluding carboxylic acids is 1. The van der Waals surface area contributed by atoms with E-state index >= 15 is 0 Å². The Bertz CT molecular complexity index is 402. The summed E-state index contributed by atoms with van der Waals surface area (Å²) in [6, 6.07) is 3.53. The Hall–Kier alpha value is -1.29. The van der Waals surface area contributed by atoms with Gasteiger partial charge in [-0.05, 0) is 24.6 Å². The number of rotatable bonds is 3. The fourth-order valence-corrected chi connectivity index (χ4v) is 1.67. The molecule has 0 bridgehead atoms. The van der Waals surface area contributed by atoms with Gasteiger partial charge in [-0.3, -0.25) is 4.79 Å². The van der Waals surface area contributed by atoms with Gasteiger partial charge in [0.15, 0.2) is 0 Å². The molecule has 80 valence electrons. The second kappa shape index (κ2) is 4.98. The summed E-state index contributed by atoms with van der Waals surface area (Å²) in [7, 11) is 0. The van der Waals surface area contributed by atoms with E-state index in [1.54, 1.807) is 18.2 Å². The largest absolute Gasteiger partial charge is 0.398 e. The summed E-state index contributed by atoms with van der Waals surface area (Å²) in [6.07, 6.45) is 1.63. The molecular weight excluding hydrogens is 256 g/mol. The monoisotopic (exact) mass is 268 g/mol. The molecule has 0 heterocycles. The third kappa shape index (κ3) is 2.83. The van der Waals surface area contributed by atoms with E-state index in [2.05, 4.69) is 27.8 Å². The minimum atomic E-state index is -0.139. The fraction of sp³-hybridized carbons (Fsp3) is 0.182. The molecule has 1 rings (SSSR count). The maximum absolute atomic E-state index is 11.7. The molecule has 0 saturated carbocycles. The van der Waals surface area contributed by atoms with Gasteiger partial charge in [0, 0.05) is 22.3 Å². The van der Waals surface area contributed by atoms with Gasteiger partial charge in [-0.15, -0.1) is 6.58 Å². The third-order valence-corrected chi connectivity index (χ3v) is 2.52. The van der Waals surface area contributed by atoms with Crippen molar-refractivity contribution in [3.63, 3.8) is 0 Å². The quantitative estimate of drug-likeness (QED) is 0.653. The summed E-state index contributed by atoms with van der Waals surface area (Å²) in [6.45, 7) is 5.81. The zero-order valence-corrected chi connectivity index (χ0v) is 10.1. The maximum Gasteiger partial charge on any atom is 0.251 e. The molecule has 0 aliphatic rings. The predicted octanol–water partition coefficient (Wildman–Crippen LogP) is 2.26. The molecule has 1 aromatic rings. The predicted molar refractivity (Wildman–Crippen MR) is 65.8 cm³/mol. The first kappa shape index (κ1) is 11.8. The number of amides is 1. The van der Waals surface area contributed by atoms with E-state index in [0.29, 0.717) is 17.8 Å². The molecule has 0 radical (unpaired) electrons. The summed E-state index contributed by atoms with van der Waals surface area (Å²) in [5.74, 6) is -0.139. The van der Waals surface area contributed by atoms with Crippen LogP contribution in [0.15, 0.2) is 29.3 Å². The molecule has 0 atom stereocenters. The first-order chi connectivity index (χ1) is 7.06. The highest BCUT2D eigenvalue weighted by molar-refractivity contribution is 9.10. The maximum atomic E-state index is 11.7. The summed E-state index contributed by atoms with van der Waals surface area (Å²) >= 11 is 3.30. The van der Waals surface area contributed by atoms with Crippen LogP contribution in [0.2, 0.25) is 0 Å². The molecule has 0 spiro atoms. The van der Waals surface area contributed by atoms with Gasteiger partial charge >= 0.3 is 0 Å². The second-order valence-corrected chi connectivity index (χ2v) is 4.08. The number of halogens is 1. The summed E-state index contributed by atoms with van der Waals surface area (Å²) in [4.78, 5) is 11.7. The SMILES string of the molecule is C=CCNC(=O)c1cc(Br)cc(N)c1C. The highest BCUT2D eigenvalue weighted by Crippen LogP contribution is 2.22. The number of nitrogens with one attached hydrogen (secondary N) is 1. The minimum Gasteiger partial charge on any atom is -0.398 e. The van der Waals surface area contributed by atoms with Gasteiger partial charge in [-0.25, -0.2) is 0 Å². The standard InChI is InChI=1S/C11H13BrN2O/c1-3-4-14-11(15)9-5-8(12)6-10(13)7(9)2/h3,5-6H,1,4,13H2,2H3,(H,14,15). The Kier molecular flexibility index (Phi) is 3.91.